The molecule has 0 aliphatic rings. The maximum absolute atomic E-state index is 10.9. The lowest BCUT2D eigenvalue weighted by molar-refractivity contribution is -0.121. The summed E-state index contributed by atoms with van der Waals surface area (Å²) in [6.45, 7) is 0.186. The van der Waals surface area contributed by atoms with Crippen molar-refractivity contribution in [3.8, 4) is 5.75 Å². The second kappa shape index (κ2) is 5.72. The van der Waals surface area contributed by atoms with Crippen molar-refractivity contribution in [1.82, 2.24) is 5.43 Å². The number of ether oxygens (including phenoxy) is 1. The molecule has 0 unspecified atom stereocenters. The summed E-state index contributed by atoms with van der Waals surface area (Å²) < 4.78 is 5.25. The van der Waals surface area contributed by atoms with Gasteiger partial charge in [-0.2, -0.15) is 0 Å². The highest BCUT2D eigenvalue weighted by Gasteiger charge is 2.03. The van der Waals surface area contributed by atoms with Crippen LogP contribution < -0.4 is 21.7 Å². The van der Waals surface area contributed by atoms with E-state index in [2.05, 4.69) is 0 Å². The van der Waals surface area contributed by atoms with Crippen LogP contribution in [0.3, 0.4) is 0 Å². The van der Waals surface area contributed by atoms with Crippen LogP contribution in [-0.2, 0) is 4.79 Å². The van der Waals surface area contributed by atoms with Crippen LogP contribution in [-0.4, -0.2) is 18.4 Å². The van der Waals surface area contributed by atoms with Crippen LogP contribution in [0.25, 0.3) is 0 Å². The van der Waals surface area contributed by atoms with Gasteiger partial charge in [-0.1, -0.05) is 6.07 Å². The fourth-order valence-corrected chi connectivity index (χ4v) is 1.07. The van der Waals surface area contributed by atoms with Gasteiger partial charge in [0.1, 0.15) is 5.75 Å². The highest BCUT2D eigenvalue weighted by Crippen LogP contribution is 2.12. The maximum atomic E-state index is 10.9. The van der Waals surface area contributed by atoms with E-state index in [1.807, 2.05) is 5.43 Å². The Hall–Kier alpha value is -2.08. The molecular weight excluding hydrogens is 210 g/mol. The zero-order valence-corrected chi connectivity index (χ0v) is 8.60. The van der Waals surface area contributed by atoms with E-state index >= 15 is 0 Å². The smallest absolute Gasteiger partial charge is 0.248 e. The lowest BCUT2D eigenvalue weighted by atomic mass is 10.2. The number of carbonyl (C=O) groups is 2. The molecule has 6 heteroatoms. The average molecular weight is 223 g/mol. The van der Waals surface area contributed by atoms with Crippen molar-refractivity contribution >= 4 is 11.8 Å². The molecule has 0 saturated heterocycles. The molecule has 0 bridgehead atoms. The Labute approximate surface area is 92.5 Å². The van der Waals surface area contributed by atoms with E-state index in [9.17, 15) is 9.59 Å². The molecule has 1 aromatic rings. The number of hydrogen-bond donors (Lipinski definition) is 3. The van der Waals surface area contributed by atoms with Gasteiger partial charge in [-0.25, -0.2) is 5.84 Å². The number of carbonyl (C=O) groups excluding carboxylic acids is 2. The zero-order valence-electron chi connectivity index (χ0n) is 8.60. The third-order valence-corrected chi connectivity index (χ3v) is 1.88. The van der Waals surface area contributed by atoms with Crippen molar-refractivity contribution in [3.63, 3.8) is 0 Å². The molecule has 5 N–H and O–H groups in total. The Bertz CT molecular complexity index is 393. The van der Waals surface area contributed by atoms with E-state index in [4.69, 9.17) is 16.3 Å². The van der Waals surface area contributed by atoms with Crippen molar-refractivity contribution < 1.29 is 14.3 Å². The van der Waals surface area contributed by atoms with Crippen LogP contribution in [0.1, 0.15) is 16.8 Å². The van der Waals surface area contributed by atoms with E-state index in [1.165, 1.54) is 6.07 Å². The summed E-state index contributed by atoms with van der Waals surface area (Å²) in [6, 6.07) is 6.43. The topological polar surface area (TPSA) is 107 Å². The Morgan fingerprint density at radius 3 is 2.75 bits per heavy atom. The molecule has 0 fully saturated rings. The number of benzene rings is 1. The van der Waals surface area contributed by atoms with Crippen LogP contribution in [0, 0.1) is 0 Å². The van der Waals surface area contributed by atoms with E-state index in [1.54, 1.807) is 18.2 Å². The molecule has 0 heterocycles. The predicted octanol–water partition coefficient (Wildman–Crippen LogP) is -0.456. The quantitative estimate of drug-likeness (QED) is 0.356. The predicted molar refractivity (Wildman–Crippen MR) is 57.4 cm³/mol. The van der Waals surface area contributed by atoms with Gasteiger partial charge in [-0.15, -0.1) is 0 Å². The first-order chi connectivity index (χ1) is 7.63. The van der Waals surface area contributed by atoms with Crippen molar-refractivity contribution in [2.75, 3.05) is 6.61 Å². The van der Waals surface area contributed by atoms with Gasteiger partial charge in [0.15, 0.2) is 0 Å². The second-order valence-corrected chi connectivity index (χ2v) is 3.06. The van der Waals surface area contributed by atoms with Crippen molar-refractivity contribution in [3.05, 3.63) is 29.8 Å². The first-order valence-electron chi connectivity index (χ1n) is 4.65. The number of nitrogens with two attached hydrogens (primary N) is 2. The van der Waals surface area contributed by atoms with E-state index in [0.29, 0.717) is 11.3 Å². The molecule has 0 spiro atoms. The summed E-state index contributed by atoms with van der Waals surface area (Å²) in [6.07, 6.45) is 0.150. The third kappa shape index (κ3) is 3.58. The molecule has 86 valence electrons. The molecule has 0 aromatic heterocycles. The molecule has 0 aliphatic heterocycles. The molecular formula is C10H13N3O3. The Kier molecular flexibility index (Phi) is 4.28. The van der Waals surface area contributed by atoms with E-state index < -0.39 is 5.91 Å². The standard InChI is InChI=1S/C10H13N3O3/c11-10(15)7-2-1-3-8(6-7)16-5-4-9(14)13-12/h1-3,6H,4-5,12H2,(H2,11,15)(H,13,14). The fraction of sp³-hybridized carbons (Fsp3) is 0.200. The first-order valence-corrected chi connectivity index (χ1v) is 4.65. The number of primary amides is 1. The normalized spacial score (nSPS) is 9.56. The minimum Gasteiger partial charge on any atom is -0.493 e. The minimum absolute atomic E-state index is 0.150. The summed E-state index contributed by atoms with van der Waals surface area (Å²) >= 11 is 0. The lowest BCUT2D eigenvalue weighted by Crippen LogP contribution is -2.31. The van der Waals surface area contributed by atoms with E-state index in [0.717, 1.165) is 0 Å². The Morgan fingerprint density at radius 2 is 2.12 bits per heavy atom. The summed E-state index contributed by atoms with van der Waals surface area (Å²) in [5.74, 6) is 4.55. The largest absolute Gasteiger partial charge is 0.493 e. The van der Waals surface area contributed by atoms with E-state index in [-0.39, 0.29) is 18.9 Å². The van der Waals surface area contributed by atoms with Crippen molar-refractivity contribution in [1.29, 1.82) is 0 Å². The second-order valence-electron chi connectivity index (χ2n) is 3.06. The van der Waals surface area contributed by atoms with Crippen LogP contribution in [0.4, 0.5) is 0 Å². The minimum atomic E-state index is -0.523. The van der Waals surface area contributed by atoms with Gasteiger partial charge >= 0.3 is 0 Å². The highest BCUT2D eigenvalue weighted by atomic mass is 16.5. The van der Waals surface area contributed by atoms with Gasteiger partial charge in [0.2, 0.25) is 11.8 Å². The SMILES string of the molecule is NNC(=O)CCOc1cccc(C(N)=O)c1. The highest BCUT2D eigenvalue weighted by molar-refractivity contribution is 5.93. The van der Waals surface area contributed by atoms with Crippen LogP contribution in [0.15, 0.2) is 24.3 Å². The molecule has 1 aromatic carbocycles. The van der Waals surface area contributed by atoms with Gasteiger partial charge in [-0.05, 0) is 18.2 Å². The molecule has 0 atom stereocenters. The van der Waals surface area contributed by atoms with Crippen LogP contribution in [0.5, 0.6) is 5.75 Å². The fourth-order valence-electron chi connectivity index (χ4n) is 1.07. The third-order valence-electron chi connectivity index (χ3n) is 1.88. The summed E-state index contributed by atoms with van der Waals surface area (Å²) in [4.78, 5) is 21.7. The summed E-state index contributed by atoms with van der Waals surface area (Å²) in [5, 5.41) is 0. The number of hydrogen-bond acceptors (Lipinski definition) is 4. The Morgan fingerprint density at radius 1 is 1.38 bits per heavy atom. The van der Waals surface area contributed by atoms with Gasteiger partial charge in [0.25, 0.3) is 0 Å². The maximum Gasteiger partial charge on any atom is 0.248 e. The van der Waals surface area contributed by atoms with Crippen LogP contribution >= 0.6 is 0 Å². The molecule has 6 nitrogen and oxygen atoms in total. The van der Waals surface area contributed by atoms with Crippen molar-refractivity contribution in [2.45, 2.75) is 6.42 Å². The molecule has 16 heavy (non-hydrogen) atoms. The van der Waals surface area contributed by atoms with Gasteiger partial charge in [0, 0.05) is 5.56 Å². The lowest BCUT2D eigenvalue weighted by Gasteiger charge is -2.06. The first kappa shape index (κ1) is 12.0. The van der Waals surface area contributed by atoms with Crippen molar-refractivity contribution in [2.24, 2.45) is 11.6 Å². The number of nitrogens with one attached hydrogen (secondary N) is 1. The van der Waals surface area contributed by atoms with Gasteiger partial charge in [-0.3, -0.25) is 15.0 Å². The molecule has 0 radical (unpaired) electrons. The molecule has 1 rings (SSSR count). The molecule has 0 aliphatic carbocycles. The number of hydrazine groups is 1. The molecule has 2 amide bonds. The summed E-state index contributed by atoms with van der Waals surface area (Å²) in [7, 11) is 0. The van der Waals surface area contributed by atoms with Gasteiger partial charge in [0.05, 0.1) is 13.0 Å². The summed E-state index contributed by atoms with van der Waals surface area (Å²) in [5.41, 5.74) is 7.46. The number of rotatable bonds is 5. The number of amides is 2. The molecule has 0 saturated carbocycles. The van der Waals surface area contributed by atoms with Crippen LogP contribution in [0.2, 0.25) is 0 Å². The van der Waals surface area contributed by atoms with Gasteiger partial charge < -0.3 is 10.5 Å². The monoisotopic (exact) mass is 223 g/mol. The zero-order chi connectivity index (χ0) is 12.0. The average Bonchev–Trinajstić information content (AvgIpc) is 2.29. The Balaban J connectivity index is 2.51.